The number of hydrogen-bond donors (Lipinski definition) is 1. The Kier molecular flexibility index (Phi) is 5.01. The number of carbonyl (C=O) groups excluding carboxylic acids is 1. The van der Waals surface area contributed by atoms with Crippen LogP contribution in [0.3, 0.4) is 0 Å². The molecule has 3 rings (SSSR count). The van der Waals surface area contributed by atoms with E-state index in [1.54, 1.807) is 13.0 Å². The Morgan fingerprint density at radius 1 is 1.38 bits per heavy atom. The lowest BCUT2D eigenvalue weighted by Gasteiger charge is -2.32. The van der Waals surface area contributed by atoms with Crippen molar-refractivity contribution in [3.05, 3.63) is 40.7 Å². The molecule has 0 radical (unpaired) electrons. The van der Waals surface area contributed by atoms with Crippen molar-refractivity contribution in [1.29, 1.82) is 0 Å². The Morgan fingerprint density at radius 2 is 2.21 bits per heavy atom. The van der Waals surface area contributed by atoms with Gasteiger partial charge in [0.2, 0.25) is 0 Å². The van der Waals surface area contributed by atoms with E-state index in [9.17, 15) is 4.79 Å². The molecule has 1 saturated heterocycles. The molecule has 1 aliphatic rings. The first kappa shape index (κ1) is 16.7. The van der Waals surface area contributed by atoms with Crippen LogP contribution in [0, 0.1) is 20.8 Å². The van der Waals surface area contributed by atoms with Crippen molar-refractivity contribution in [2.24, 2.45) is 0 Å². The van der Waals surface area contributed by atoms with Crippen LogP contribution < -0.4 is 5.32 Å². The molecule has 0 spiro atoms. The standard InChI is InChI=1S/C17H22N2O5/c1-10-14(12(3)24-19-10)8-23-16-5-6-21-9-15(16)18-17(20)13-4-7-22-11(13)2/h4,7,15-16H,5-6,8-9H2,1-3H3,(H,18,20)/t15-,16+/m1/s1. The zero-order valence-electron chi connectivity index (χ0n) is 14.1. The Hall–Kier alpha value is -2.12. The highest BCUT2D eigenvalue weighted by atomic mass is 16.5. The summed E-state index contributed by atoms with van der Waals surface area (Å²) < 4.78 is 21.9. The van der Waals surface area contributed by atoms with Gasteiger partial charge in [0, 0.05) is 12.2 Å². The summed E-state index contributed by atoms with van der Waals surface area (Å²) in [7, 11) is 0. The van der Waals surface area contributed by atoms with Crippen molar-refractivity contribution in [3.63, 3.8) is 0 Å². The van der Waals surface area contributed by atoms with Gasteiger partial charge in [-0.05, 0) is 33.3 Å². The van der Waals surface area contributed by atoms with Gasteiger partial charge < -0.3 is 23.7 Å². The van der Waals surface area contributed by atoms with E-state index in [0.717, 1.165) is 23.4 Å². The van der Waals surface area contributed by atoms with Crippen LogP contribution in [0.25, 0.3) is 0 Å². The first-order valence-corrected chi connectivity index (χ1v) is 8.02. The highest BCUT2D eigenvalue weighted by Crippen LogP contribution is 2.19. The molecule has 2 aromatic heterocycles. The van der Waals surface area contributed by atoms with Gasteiger partial charge in [0.25, 0.3) is 5.91 Å². The van der Waals surface area contributed by atoms with Gasteiger partial charge in [0.1, 0.15) is 11.5 Å². The van der Waals surface area contributed by atoms with Gasteiger partial charge in [-0.3, -0.25) is 4.79 Å². The Bertz CT molecular complexity index is 686. The van der Waals surface area contributed by atoms with Gasteiger partial charge in [-0.15, -0.1) is 0 Å². The van der Waals surface area contributed by atoms with Gasteiger partial charge in [0.15, 0.2) is 0 Å². The molecular weight excluding hydrogens is 312 g/mol. The highest BCUT2D eigenvalue weighted by Gasteiger charge is 2.29. The molecule has 3 heterocycles. The maximum atomic E-state index is 12.4. The maximum Gasteiger partial charge on any atom is 0.255 e. The minimum atomic E-state index is -0.207. The SMILES string of the molecule is Cc1noc(C)c1CO[C@H]1CCOC[C@H]1NC(=O)c1ccoc1C. The maximum absolute atomic E-state index is 12.4. The lowest BCUT2D eigenvalue weighted by atomic mass is 10.1. The van der Waals surface area contributed by atoms with Crippen molar-refractivity contribution < 1.29 is 23.2 Å². The monoisotopic (exact) mass is 334 g/mol. The number of aromatic nitrogens is 1. The van der Waals surface area contributed by atoms with E-state index in [0.29, 0.717) is 31.1 Å². The highest BCUT2D eigenvalue weighted by molar-refractivity contribution is 5.95. The second-order valence-electron chi connectivity index (χ2n) is 5.99. The van der Waals surface area contributed by atoms with Crippen LogP contribution in [0.15, 0.2) is 21.3 Å². The van der Waals surface area contributed by atoms with Gasteiger partial charge in [-0.25, -0.2) is 0 Å². The number of hydrogen-bond acceptors (Lipinski definition) is 6. The number of ether oxygens (including phenoxy) is 2. The zero-order valence-corrected chi connectivity index (χ0v) is 14.1. The second-order valence-corrected chi connectivity index (χ2v) is 5.99. The molecule has 7 heteroatoms. The number of nitrogens with zero attached hydrogens (tertiary/aromatic N) is 1. The molecule has 1 fully saturated rings. The van der Waals surface area contributed by atoms with E-state index in [2.05, 4.69) is 10.5 Å². The minimum absolute atomic E-state index is 0.122. The molecule has 0 aromatic carbocycles. The molecule has 24 heavy (non-hydrogen) atoms. The van der Waals surface area contributed by atoms with Crippen molar-refractivity contribution >= 4 is 5.91 Å². The van der Waals surface area contributed by atoms with Crippen molar-refractivity contribution in [2.75, 3.05) is 13.2 Å². The summed E-state index contributed by atoms with van der Waals surface area (Å²) >= 11 is 0. The topological polar surface area (TPSA) is 86.7 Å². The van der Waals surface area contributed by atoms with E-state index < -0.39 is 0 Å². The summed E-state index contributed by atoms with van der Waals surface area (Å²) in [4.78, 5) is 12.4. The van der Waals surface area contributed by atoms with Gasteiger partial charge >= 0.3 is 0 Å². The summed E-state index contributed by atoms with van der Waals surface area (Å²) in [5.41, 5.74) is 2.32. The predicted molar refractivity (Wildman–Crippen MR) is 84.7 cm³/mol. The van der Waals surface area contributed by atoms with Crippen LogP contribution in [0.2, 0.25) is 0 Å². The van der Waals surface area contributed by atoms with Crippen molar-refractivity contribution in [1.82, 2.24) is 10.5 Å². The van der Waals surface area contributed by atoms with E-state index in [4.69, 9.17) is 18.4 Å². The molecule has 0 saturated carbocycles. The number of rotatable bonds is 5. The van der Waals surface area contributed by atoms with Crippen molar-refractivity contribution in [3.8, 4) is 0 Å². The van der Waals surface area contributed by atoms with E-state index in [-0.39, 0.29) is 18.1 Å². The molecule has 1 N–H and O–H groups in total. The lowest BCUT2D eigenvalue weighted by Crippen LogP contribution is -2.50. The van der Waals surface area contributed by atoms with Gasteiger partial charge in [-0.1, -0.05) is 5.16 Å². The average molecular weight is 334 g/mol. The third-order valence-corrected chi connectivity index (χ3v) is 4.34. The third kappa shape index (κ3) is 3.52. The molecule has 2 atom stereocenters. The van der Waals surface area contributed by atoms with Crippen LogP contribution in [0.5, 0.6) is 0 Å². The second kappa shape index (κ2) is 7.19. The average Bonchev–Trinajstić information content (AvgIpc) is 3.13. The van der Waals surface area contributed by atoms with Gasteiger partial charge in [0.05, 0.1) is 42.9 Å². The summed E-state index contributed by atoms with van der Waals surface area (Å²) in [6.45, 7) is 6.96. The van der Waals surface area contributed by atoms with Crippen LogP contribution in [-0.2, 0) is 16.1 Å². The quantitative estimate of drug-likeness (QED) is 0.903. The minimum Gasteiger partial charge on any atom is -0.469 e. The molecule has 0 aliphatic carbocycles. The number of nitrogens with one attached hydrogen (secondary N) is 1. The summed E-state index contributed by atoms with van der Waals surface area (Å²) in [6, 6.07) is 1.45. The fraction of sp³-hybridized carbons (Fsp3) is 0.529. The van der Waals surface area contributed by atoms with E-state index in [1.165, 1.54) is 6.26 Å². The third-order valence-electron chi connectivity index (χ3n) is 4.34. The van der Waals surface area contributed by atoms with E-state index >= 15 is 0 Å². The zero-order chi connectivity index (χ0) is 17.1. The fourth-order valence-electron chi connectivity index (χ4n) is 2.82. The molecule has 1 amide bonds. The molecule has 130 valence electrons. The normalized spacial score (nSPS) is 21.0. The van der Waals surface area contributed by atoms with Crippen LogP contribution >= 0.6 is 0 Å². The largest absolute Gasteiger partial charge is 0.469 e. The first-order valence-electron chi connectivity index (χ1n) is 8.02. The Labute approximate surface area is 140 Å². The number of amides is 1. The van der Waals surface area contributed by atoms with E-state index in [1.807, 2.05) is 13.8 Å². The molecule has 2 aromatic rings. The van der Waals surface area contributed by atoms with Crippen molar-refractivity contribution in [2.45, 2.75) is 45.9 Å². The van der Waals surface area contributed by atoms with Gasteiger partial charge in [-0.2, -0.15) is 0 Å². The molecule has 7 nitrogen and oxygen atoms in total. The van der Waals surface area contributed by atoms with Crippen LogP contribution in [-0.4, -0.2) is 36.4 Å². The first-order chi connectivity index (χ1) is 11.6. The Morgan fingerprint density at radius 3 is 2.88 bits per heavy atom. The smallest absolute Gasteiger partial charge is 0.255 e. The molecule has 1 aliphatic heterocycles. The summed E-state index contributed by atoms with van der Waals surface area (Å²) in [5.74, 6) is 1.18. The predicted octanol–water partition coefficient (Wildman–Crippen LogP) is 2.30. The van der Waals surface area contributed by atoms with Crippen LogP contribution in [0.1, 0.15) is 39.6 Å². The number of aryl methyl sites for hydroxylation is 3. The summed E-state index contributed by atoms with van der Waals surface area (Å²) in [5, 5.41) is 6.91. The molecular formula is C17H22N2O5. The van der Waals surface area contributed by atoms with Crippen LogP contribution in [0.4, 0.5) is 0 Å². The summed E-state index contributed by atoms with van der Waals surface area (Å²) in [6.07, 6.45) is 2.11. The number of carbonyl (C=O) groups is 1. The number of furan rings is 1. The fourth-order valence-corrected chi connectivity index (χ4v) is 2.82. The lowest BCUT2D eigenvalue weighted by molar-refractivity contribution is -0.0608. The molecule has 0 bridgehead atoms. The molecule has 0 unspecified atom stereocenters. The Balaban J connectivity index is 1.63.